The molecule has 0 amide bonds. The topological polar surface area (TPSA) is 74.6 Å². The van der Waals surface area contributed by atoms with Crippen molar-refractivity contribution < 1.29 is 22.2 Å². The lowest BCUT2D eigenvalue weighted by molar-refractivity contribution is 0.381. The van der Waals surface area contributed by atoms with E-state index in [1.807, 2.05) is 0 Å². The molecule has 0 unspecified atom stereocenters. The first kappa shape index (κ1) is 15.7. The average Bonchev–Trinajstić information content (AvgIpc) is 0.722. The Morgan fingerprint density at radius 3 is 1.14 bits per heavy atom. The first-order valence-electron chi connectivity index (χ1n) is 0.698. The summed E-state index contributed by atoms with van der Waals surface area (Å²) in [7, 11) is -4.67. The minimum absolute atomic E-state index is 0. The Hall–Kier alpha value is 0.0900. The average molecular weight is 155 g/mol. The van der Waals surface area contributed by atoms with Crippen LogP contribution in [0, 0.1) is 0 Å². The molecule has 0 aromatic heterocycles. The maximum absolute atomic E-state index is 8.74. The standard InChI is InChI=1S/ClH.FH.H2O4S/c;;1-5(2,3)4/h2*1H;(H2,1,2,3,4). The molecule has 0 aliphatic rings. The predicted octanol–water partition coefficient (Wildman–Crippen LogP) is -0.0785. The number of rotatable bonds is 0. The zero-order valence-electron chi connectivity index (χ0n) is 2.94. The van der Waals surface area contributed by atoms with Crippen LogP contribution < -0.4 is 0 Å². The molecule has 7 heteroatoms. The van der Waals surface area contributed by atoms with Crippen LogP contribution in [-0.4, -0.2) is 17.5 Å². The fraction of sp³-hybridized carbons (Fsp3) is 0. The molecule has 0 saturated heterocycles. The van der Waals surface area contributed by atoms with Crippen molar-refractivity contribution in [3.05, 3.63) is 0 Å². The van der Waals surface area contributed by atoms with Crippen LogP contribution in [0.25, 0.3) is 0 Å². The van der Waals surface area contributed by atoms with Crippen LogP contribution in [0.5, 0.6) is 0 Å². The van der Waals surface area contributed by atoms with Crippen molar-refractivity contribution in [1.29, 1.82) is 0 Å². The van der Waals surface area contributed by atoms with E-state index >= 15 is 0 Å². The summed E-state index contributed by atoms with van der Waals surface area (Å²) in [5.74, 6) is 0. The molecule has 0 radical (unpaired) electrons. The van der Waals surface area contributed by atoms with E-state index in [0.717, 1.165) is 0 Å². The molecule has 0 aliphatic heterocycles. The zero-order valence-corrected chi connectivity index (χ0v) is 4.57. The minimum Gasteiger partial charge on any atom is -0.269 e. The van der Waals surface area contributed by atoms with Crippen LogP contribution in [0.15, 0.2) is 0 Å². The second-order valence-corrected chi connectivity index (χ2v) is 1.34. The lowest BCUT2D eigenvalue weighted by atomic mass is 15.8. The van der Waals surface area contributed by atoms with Gasteiger partial charge in [0, 0.05) is 0 Å². The lowest BCUT2D eigenvalue weighted by Gasteiger charge is -1.68. The molecular formula is H4ClFO4S. The molecule has 0 heterocycles. The quantitative estimate of drug-likeness (QED) is 0.479. The first-order chi connectivity index (χ1) is 2.00. The smallest absolute Gasteiger partial charge is 0.269 e. The van der Waals surface area contributed by atoms with Crippen molar-refractivity contribution in [1.82, 2.24) is 0 Å². The van der Waals surface area contributed by atoms with E-state index in [1.165, 1.54) is 0 Å². The molecule has 0 fully saturated rings. The molecule has 0 rings (SSSR count). The highest BCUT2D eigenvalue weighted by molar-refractivity contribution is 7.79. The monoisotopic (exact) mass is 154 g/mol. The van der Waals surface area contributed by atoms with Crippen LogP contribution in [0.2, 0.25) is 0 Å². The van der Waals surface area contributed by atoms with Crippen LogP contribution in [0.3, 0.4) is 0 Å². The van der Waals surface area contributed by atoms with Gasteiger partial charge in [0.1, 0.15) is 0 Å². The Kier molecular flexibility index (Phi) is 9.55. The zero-order chi connectivity index (χ0) is 4.50. The van der Waals surface area contributed by atoms with Gasteiger partial charge in [-0.2, -0.15) is 8.42 Å². The fourth-order valence-corrected chi connectivity index (χ4v) is 0. The summed E-state index contributed by atoms with van der Waals surface area (Å²) in [6.45, 7) is 0. The molecule has 0 bridgehead atoms. The predicted molar refractivity (Wildman–Crippen MR) is 23.9 cm³/mol. The van der Waals surface area contributed by atoms with Gasteiger partial charge in [-0.05, 0) is 0 Å². The Morgan fingerprint density at radius 1 is 1.14 bits per heavy atom. The van der Waals surface area contributed by atoms with Crippen LogP contribution in [-0.2, 0) is 10.4 Å². The van der Waals surface area contributed by atoms with E-state index in [2.05, 4.69) is 0 Å². The van der Waals surface area contributed by atoms with E-state index in [1.54, 1.807) is 0 Å². The third-order valence-corrected chi connectivity index (χ3v) is 0. The molecule has 0 aromatic rings. The fourth-order valence-electron chi connectivity index (χ4n) is 0. The van der Waals surface area contributed by atoms with E-state index in [0.29, 0.717) is 0 Å². The molecule has 0 spiro atoms. The molecule has 0 atom stereocenters. The largest absolute Gasteiger partial charge is 0.394 e. The Balaban J connectivity index is -0.0000000800. The summed E-state index contributed by atoms with van der Waals surface area (Å²) in [5.41, 5.74) is 0. The second kappa shape index (κ2) is 4.25. The van der Waals surface area contributed by atoms with Gasteiger partial charge in [-0.3, -0.25) is 13.8 Å². The van der Waals surface area contributed by atoms with Crippen molar-refractivity contribution in [2.24, 2.45) is 0 Å². The number of hydrogen-bond donors (Lipinski definition) is 2. The van der Waals surface area contributed by atoms with E-state index < -0.39 is 10.4 Å². The van der Waals surface area contributed by atoms with Crippen LogP contribution in [0.4, 0.5) is 4.70 Å². The molecule has 4 nitrogen and oxygen atoms in total. The van der Waals surface area contributed by atoms with Crippen molar-refractivity contribution in [3.8, 4) is 0 Å². The minimum atomic E-state index is -4.67. The van der Waals surface area contributed by atoms with Crippen LogP contribution in [0.1, 0.15) is 0 Å². The van der Waals surface area contributed by atoms with Crippen molar-refractivity contribution in [3.63, 3.8) is 0 Å². The summed E-state index contributed by atoms with van der Waals surface area (Å²) in [4.78, 5) is 0. The van der Waals surface area contributed by atoms with E-state index in [9.17, 15) is 0 Å². The van der Waals surface area contributed by atoms with Crippen molar-refractivity contribution in [2.75, 3.05) is 0 Å². The molecule has 2 N–H and O–H groups in total. The second-order valence-electron chi connectivity index (χ2n) is 0.448. The van der Waals surface area contributed by atoms with Gasteiger partial charge in [0.05, 0.1) is 0 Å². The summed E-state index contributed by atoms with van der Waals surface area (Å²) >= 11 is 0. The summed E-state index contributed by atoms with van der Waals surface area (Å²) in [6.07, 6.45) is 0. The summed E-state index contributed by atoms with van der Waals surface area (Å²) in [5, 5.41) is 0. The Labute approximate surface area is 45.9 Å². The SMILES string of the molecule is Cl.F.O=S(=O)(O)O. The maximum Gasteiger partial charge on any atom is 0.394 e. The molecule has 0 aliphatic carbocycles. The van der Waals surface area contributed by atoms with Gasteiger partial charge in [0.15, 0.2) is 0 Å². The van der Waals surface area contributed by atoms with Crippen molar-refractivity contribution >= 4 is 22.8 Å². The molecule has 48 valence electrons. The van der Waals surface area contributed by atoms with Gasteiger partial charge in [0.25, 0.3) is 0 Å². The summed E-state index contributed by atoms with van der Waals surface area (Å²) < 4.78 is 31.6. The molecule has 7 heavy (non-hydrogen) atoms. The van der Waals surface area contributed by atoms with E-state index in [4.69, 9.17) is 17.5 Å². The van der Waals surface area contributed by atoms with Gasteiger partial charge in [-0.15, -0.1) is 12.4 Å². The van der Waals surface area contributed by atoms with Crippen LogP contribution >= 0.6 is 12.4 Å². The Bertz CT molecular complexity index is 94.9. The lowest BCUT2D eigenvalue weighted by Crippen LogP contribution is -1.89. The van der Waals surface area contributed by atoms with Gasteiger partial charge < -0.3 is 0 Å². The van der Waals surface area contributed by atoms with Crippen molar-refractivity contribution in [2.45, 2.75) is 0 Å². The maximum atomic E-state index is 8.74. The van der Waals surface area contributed by atoms with Gasteiger partial charge in [-0.1, -0.05) is 0 Å². The highest BCUT2D eigenvalue weighted by Crippen LogP contribution is 1.59. The molecular weight excluding hydrogens is 151 g/mol. The highest BCUT2D eigenvalue weighted by Gasteiger charge is 1.84. The number of hydrogen-bond acceptors (Lipinski definition) is 2. The molecule has 0 aromatic carbocycles. The molecule has 0 saturated carbocycles. The van der Waals surface area contributed by atoms with Gasteiger partial charge in [-0.25, -0.2) is 0 Å². The highest BCUT2D eigenvalue weighted by atomic mass is 35.5. The van der Waals surface area contributed by atoms with Gasteiger partial charge in [0.2, 0.25) is 0 Å². The van der Waals surface area contributed by atoms with E-state index in [-0.39, 0.29) is 17.1 Å². The first-order valence-corrected chi connectivity index (χ1v) is 2.10. The Morgan fingerprint density at radius 2 is 1.14 bits per heavy atom. The van der Waals surface area contributed by atoms with Gasteiger partial charge >= 0.3 is 10.4 Å². The normalized spacial score (nSPS) is 8.29. The summed E-state index contributed by atoms with van der Waals surface area (Å²) in [6, 6.07) is 0. The third kappa shape index (κ3) is 12600. The number of halogens is 2. The third-order valence-electron chi connectivity index (χ3n) is 0.